The summed E-state index contributed by atoms with van der Waals surface area (Å²) in [7, 11) is 0. The highest BCUT2D eigenvalue weighted by Crippen LogP contribution is 2.25. The molecule has 0 aliphatic carbocycles. The molecule has 1 aromatic heterocycles. The Balaban J connectivity index is 0.00000158. The lowest BCUT2D eigenvalue weighted by molar-refractivity contribution is 0.0906. The van der Waals surface area contributed by atoms with Crippen LogP contribution in [0.3, 0.4) is 0 Å². The molecule has 3 heterocycles. The van der Waals surface area contributed by atoms with E-state index < -0.39 is 5.91 Å². The number of nitrogens with zero attached hydrogens (tertiary/aromatic N) is 2. The molecular formula is C25H29N5O4. The SMILES string of the molecule is CC.Nc1ncc2nc1C(=O)Nc1ccccc1OCCOCCCNC(=O)c1ccc-2cc1. The fourth-order valence-electron chi connectivity index (χ4n) is 3.17. The van der Waals surface area contributed by atoms with E-state index in [0.717, 1.165) is 0 Å². The number of fused-ring (bicyclic) bond motifs is 11. The summed E-state index contributed by atoms with van der Waals surface area (Å²) >= 11 is 0. The van der Waals surface area contributed by atoms with Gasteiger partial charge in [-0.05, 0) is 30.7 Å². The quantitative estimate of drug-likeness (QED) is 0.465. The maximum atomic E-state index is 12.9. The van der Waals surface area contributed by atoms with Gasteiger partial charge in [0.1, 0.15) is 12.4 Å². The normalized spacial score (nSPS) is 14.4. The van der Waals surface area contributed by atoms with Crippen molar-refractivity contribution >= 4 is 23.3 Å². The van der Waals surface area contributed by atoms with E-state index in [1.54, 1.807) is 42.5 Å². The molecule has 5 rings (SSSR count). The number of hydrogen-bond donors (Lipinski definition) is 3. The molecule has 9 nitrogen and oxygen atoms in total. The van der Waals surface area contributed by atoms with E-state index in [1.807, 2.05) is 19.9 Å². The Kier molecular flexibility index (Phi) is 8.93. The van der Waals surface area contributed by atoms with Crippen LogP contribution in [0.15, 0.2) is 54.7 Å². The molecule has 9 heteroatoms. The minimum Gasteiger partial charge on any atom is -0.489 e. The van der Waals surface area contributed by atoms with E-state index in [0.29, 0.717) is 61.0 Å². The molecule has 0 atom stereocenters. The molecule has 0 saturated carbocycles. The van der Waals surface area contributed by atoms with Crippen LogP contribution >= 0.6 is 0 Å². The highest BCUT2D eigenvalue weighted by Gasteiger charge is 2.17. The molecule has 2 aromatic carbocycles. The highest BCUT2D eigenvalue weighted by molar-refractivity contribution is 6.06. The molecule has 178 valence electrons. The van der Waals surface area contributed by atoms with Crippen molar-refractivity contribution in [3.63, 3.8) is 0 Å². The number of aromatic nitrogens is 2. The lowest BCUT2D eigenvalue weighted by Crippen LogP contribution is -2.25. The van der Waals surface area contributed by atoms with E-state index >= 15 is 0 Å². The Morgan fingerprint density at radius 2 is 1.65 bits per heavy atom. The third-order valence-electron chi connectivity index (χ3n) is 4.83. The molecule has 4 bridgehead atoms. The van der Waals surface area contributed by atoms with Crippen LogP contribution in [0.2, 0.25) is 0 Å². The first-order valence-corrected chi connectivity index (χ1v) is 11.2. The van der Waals surface area contributed by atoms with Crippen molar-refractivity contribution in [1.29, 1.82) is 0 Å². The fraction of sp³-hybridized carbons (Fsp3) is 0.280. The van der Waals surface area contributed by atoms with Gasteiger partial charge in [-0.2, -0.15) is 0 Å². The zero-order valence-corrected chi connectivity index (χ0v) is 19.3. The maximum absolute atomic E-state index is 12.9. The van der Waals surface area contributed by atoms with Crippen LogP contribution in [0.1, 0.15) is 41.1 Å². The van der Waals surface area contributed by atoms with Crippen LogP contribution in [0.4, 0.5) is 11.5 Å². The van der Waals surface area contributed by atoms with E-state index in [-0.39, 0.29) is 17.4 Å². The van der Waals surface area contributed by atoms with Crippen molar-refractivity contribution in [3.05, 3.63) is 66.0 Å². The molecule has 2 aliphatic rings. The average Bonchev–Trinajstić information content (AvgIpc) is 2.87. The van der Waals surface area contributed by atoms with Crippen molar-refractivity contribution < 1.29 is 19.1 Å². The van der Waals surface area contributed by atoms with Crippen molar-refractivity contribution in [2.45, 2.75) is 20.3 Å². The number of hydrogen-bond acceptors (Lipinski definition) is 7. The standard InChI is InChI=1S/C23H23N5O4.C2H6/c24-21-20-23(30)28-17-4-1-2-5-19(17)32-13-12-31-11-3-10-25-22(29)16-8-6-15(7-9-16)18(27-20)14-26-21;1-2/h1-2,4-9,14H,3,10-13H2,(H2,24,26)(H,25,29)(H,28,30);1-2H3. The van der Waals surface area contributed by atoms with Crippen LogP contribution in [-0.2, 0) is 4.74 Å². The molecule has 0 saturated heterocycles. The monoisotopic (exact) mass is 463 g/mol. The zero-order valence-electron chi connectivity index (χ0n) is 19.3. The summed E-state index contributed by atoms with van der Waals surface area (Å²) in [4.78, 5) is 33.7. The lowest BCUT2D eigenvalue weighted by Gasteiger charge is -2.14. The van der Waals surface area contributed by atoms with Crippen LogP contribution in [0, 0.1) is 0 Å². The van der Waals surface area contributed by atoms with Gasteiger partial charge in [-0.3, -0.25) is 9.59 Å². The first-order valence-electron chi connectivity index (χ1n) is 11.2. The number of nitrogens with one attached hydrogen (secondary N) is 2. The summed E-state index contributed by atoms with van der Waals surface area (Å²) in [6, 6.07) is 14.0. The summed E-state index contributed by atoms with van der Waals surface area (Å²) in [5.41, 5.74) is 8.11. The van der Waals surface area contributed by atoms with Crippen LogP contribution in [0.25, 0.3) is 11.3 Å². The second-order valence-electron chi connectivity index (χ2n) is 7.09. The number of nitrogen functional groups attached to an aromatic ring is 1. The number of anilines is 2. The Morgan fingerprint density at radius 1 is 0.912 bits per heavy atom. The third-order valence-corrected chi connectivity index (χ3v) is 4.83. The Labute approximate surface area is 198 Å². The van der Waals surface area contributed by atoms with Gasteiger partial charge in [0.25, 0.3) is 11.8 Å². The molecule has 34 heavy (non-hydrogen) atoms. The molecule has 2 amide bonds. The van der Waals surface area contributed by atoms with Crippen molar-refractivity contribution in [2.24, 2.45) is 0 Å². The molecule has 4 N–H and O–H groups in total. The molecule has 2 aliphatic heterocycles. The summed E-state index contributed by atoms with van der Waals surface area (Å²) in [6.07, 6.45) is 2.17. The Bertz CT molecular complexity index is 1120. The predicted octanol–water partition coefficient (Wildman–Crippen LogP) is 3.53. The van der Waals surface area contributed by atoms with Crippen molar-refractivity contribution in [2.75, 3.05) is 37.4 Å². The number of amides is 2. The molecule has 0 fully saturated rings. The Morgan fingerprint density at radius 3 is 2.44 bits per heavy atom. The van der Waals surface area contributed by atoms with E-state index in [2.05, 4.69) is 20.6 Å². The van der Waals surface area contributed by atoms with E-state index in [9.17, 15) is 9.59 Å². The zero-order chi connectivity index (χ0) is 24.3. The van der Waals surface area contributed by atoms with Crippen LogP contribution in [-0.4, -0.2) is 48.1 Å². The maximum Gasteiger partial charge on any atom is 0.278 e. The minimum atomic E-state index is -0.505. The van der Waals surface area contributed by atoms with E-state index in [4.69, 9.17) is 15.2 Å². The van der Waals surface area contributed by atoms with Gasteiger partial charge in [0.05, 0.1) is 24.2 Å². The lowest BCUT2D eigenvalue weighted by atomic mass is 10.1. The smallest absolute Gasteiger partial charge is 0.278 e. The van der Waals surface area contributed by atoms with Gasteiger partial charge in [0.2, 0.25) is 0 Å². The summed E-state index contributed by atoms with van der Waals surface area (Å²) in [5, 5.41) is 5.66. The number of nitrogens with two attached hydrogens (primary N) is 1. The number of rotatable bonds is 0. The molecular weight excluding hydrogens is 434 g/mol. The topological polar surface area (TPSA) is 128 Å². The predicted molar refractivity (Wildman–Crippen MR) is 131 cm³/mol. The minimum absolute atomic E-state index is 0.00291. The van der Waals surface area contributed by atoms with Gasteiger partial charge in [-0.25, -0.2) is 9.97 Å². The molecule has 0 unspecified atom stereocenters. The van der Waals surface area contributed by atoms with Gasteiger partial charge in [-0.15, -0.1) is 0 Å². The molecule has 3 aromatic rings. The van der Waals surface area contributed by atoms with Gasteiger partial charge in [-0.1, -0.05) is 38.1 Å². The molecule has 0 radical (unpaired) electrons. The first-order chi connectivity index (χ1) is 16.6. The largest absolute Gasteiger partial charge is 0.489 e. The van der Waals surface area contributed by atoms with Crippen molar-refractivity contribution in [3.8, 4) is 17.0 Å². The number of carbonyl (C=O) groups is 2. The average molecular weight is 464 g/mol. The van der Waals surface area contributed by atoms with Crippen LogP contribution in [0.5, 0.6) is 5.75 Å². The summed E-state index contributed by atoms with van der Waals surface area (Å²) < 4.78 is 11.3. The van der Waals surface area contributed by atoms with Gasteiger partial charge in [0, 0.05) is 24.3 Å². The first kappa shape index (κ1) is 24.7. The van der Waals surface area contributed by atoms with Crippen LogP contribution < -0.4 is 21.1 Å². The third kappa shape index (κ3) is 6.29. The second kappa shape index (κ2) is 12.3. The number of benzene rings is 2. The Hall–Kier alpha value is -3.98. The van der Waals surface area contributed by atoms with Gasteiger partial charge >= 0.3 is 0 Å². The number of ether oxygens (including phenoxy) is 2. The highest BCUT2D eigenvalue weighted by atomic mass is 16.5. The van der Waals surface area contributed by atoms with E-state index in [1.165, 1.54) is 6.20 Å². The van der Waals surface area contributed by atoms with Gasteiger partial charge < -0.3 is 25.8 Å². The second-order valence-corrected chi connectivity index (χ2v) is 7.09. The number of carbonyl (C=O) groups excluding carboxylic acids is 2. The number of para-hydroxylation sites is 2. The molecule has 0 spiro atoms. The summed E-state index contributed by atoms with van der Waals surface area (Å²) in [5.74, 6) is -0.163. The fourth-order valence-corrected chi connectivity index (χ4v) is 3.17. The summed E-state index contributed by atoms with van der Waals surface area (Å²) in [6.45, 7) is 5.68. The van der Waals surface area contributed by atoms with Gasteiger partial charge in [0.15, 0.2) is 11.5 Å². The van der Waals surface area contributed by atoms with Crippen molar-refractivity contribution in [1.82, 2.24) is 15.3 Å².